The Morgan fingerprint density at radius 2 is 0.556 bits per heavy atom. The van der Waals surface area contributed by atoms with E-state index < -0.39 is 0 Å². The maximum Gasteiger partial charge on any atom is 0.236 e. The van der Waals surface area contributed by atoms with Gasteiger partial charge < -0.3 is 14.7 Å². The monoisotopic (exact) mass is 888 g/mol. The summed E-state index contributed by atoms with van der Waals surface area (Å²) in [7, 11) is 0. The van der Waals surface area contributed by atoms with E-state index in [1.165, 1.54) is 270 Å². The first-order valence-corrected chi connectivity index (χ1v) is 29.2. The van der Waals surface area contributed by atoms with Gasteiger partial charge in [-0.05, 0) is 64.8 Å². The molecule has 0 spiro atoms. The molecule has 6 heteroatoms. The van der Waals surface area contributed by atoms with Crippen molar-refractivity contribution < 1.29 is 4.79 Å². The molecule has 1 heterocycles. The minimum absolute atomic E-state index is 0.384. The van der Waals surface area contributed by atoms with Gasteiger partial charge in [-0.2, -0.15) is 0 Å². The van der Waals surface area contributed by atoms with E-state index in [-0.39, 0.29) is 0 Å². The van der Waals surface area contributed by atoms with Crippen molar-refractivity contribution >= 4 is 5.91 Å². The Morgan fingerprint density at radius 3 is 0.873 bits per heavy atom. The Hall–Kier alpha value is -0.690. The van der Waals surface area contributed by atoms with Crippen LogP contribution in [0.4, 0.5) is 0 Å². The van der Waals surface area contributed by atoms with Crippen molar-refractivity contribution in [1.29, 1.82) is 0 Å². The van der Waals surface area contributed by atoms with Crippen molar-refractivity contribution in [3.05, 3.63) is 0 Å². The number of rotatable bonds is 50. The van der Waals surface area contributed by atoms with E-state index in [1.807, 2.05) is 0 Å². The third kappa shape index (κ3) is 39.1. The quantitative estimate of drug-likeness (QED) is 0.0569. The van der Waals surface area contributed by atoms with Crippen molar-refractivity contribution in [2.24, 2.45) is 0 Å². The van der Waals surface area contributed by atoms with Gasteiger partial charge in [0, 0.05) is 52.4 Å². The lowest BCUT2D eigenvalue weighted by atomic mass is 10.1. The first kappa shape index (κ1) is 60.3. The molecule has 0 unspecified atom stereocenters. The highest BCUT2D eigenvalue weighted by Crippen LogP contribution is 2.15. The molecule has 376 valence electrons. The normalized spacial score (nSPS) is 13.7. The lowest BCUT2D eigenvalue weighted by Gasteiger charge is -2.37. The molecule has 0 aromatic heterocycles. The smallest absolute Gasteiger partial charge is 0.236 e. The summed E-state index contributed by atoms with van der Waals surface area (Å²) in [6.45, 7) is 26.7. The minimum Gasteiger partial charge on any atom is -0.339 e. The molecule has 1 fully saturated rings. The maximum atomic E-state index is 14.0. The predicted molar refractivity (Wildman–Crippen MR) is 282 cm³/mol. The number of hydrogen-bond donors (Lipinski definition) is 0. The Labute approximate surface area is 397 Å². The second-order valence-corrected chi connectivity index (χ2v) is 20.5. The summed E-state index contributed by atoms with van der Waals surface area (Å²) in [5, 5.41) is 0. The third-order valence-corrected chi connectivity index (χ3v) is 14.4. The van der Waals surface area contributed by atoms with E-state index in [9.17, 15) is 4.79 Å². The number of carbonyl (C=O) groups excluding carboxylic acids is 1. The van der Waals surface area contributed by atoms with Crippen LogP contribution in [0, 0.1) is 0 Å². The Morgan fingerprint density at radius 1 is 0.302 bits per heavy atom. The Balaban J connectivity index is 2.70. The van der Waals surface area contributed by atoms with Crippen LogP contribution < -0.4 is 0 Å². The van der Waals surface area contributed by atoms with Gasteiger partial charge in [0.25, 0.3) is 0 Å². The highest BCUT2D eigenvalue weighted by atomic mass is 16.2. The van der Waals surface area contributed by atoms with Crippen LogP contribution in [0.15, 0.2) is 0 Å². The number of nitrogens with zero attached hydrogens (tertiary/aromatic N) is 5. The molecule has 1 rings (SSSR count). The molecule has 1 aliphatic rings. The van der Waals surface area contributed by atoms with Gasteiger partial charge in [0.15, 0.2) is 0 Å². The zero-order valence-corrected chi connectivity index (χ0v) is 44.2. The topological polar surface area (TPSA) is 33.3 Å². The van der Waals surface area contributed by atoms with Crippen LogP contribution in [-0.2, 0) is 4.79 Å². The molecule has 0 N–H and O–H groups in total. The molecule has 0 aliphatic carbocycles. The molecule has 1 amide bonds. The van der Waals surface area contributed by atoms with E-state index >= 15 is 0 Å². The molecule has 63 heavy (non-hydrogen) atoms. The summed E-state index contributed by atoms with van der Waals surface area (Å²) in [5.41, 5.74) is 0. The second-order valence-electron chi connectivity index (χ2n) is 20.5. The molecule has 0 bridgehead atoms. The fourth-order valence-corrected chi connectivity index (χ4v) is 9.83. The SMILES string of the molecule is CCCCCCCCCCCN(CCCCCCCCC)CCN1CCN(C(=O)CN(CCCCCCCCC)CCN(CCCCCCCCC)CCCCCCCCC)CC1. The number of amides is 1. The third-order valence-electron chi connectivity index (χ3n) is 14.4. The molecule has 0 aromatic carbocycles. The van der Waals surface area contributed by atoms with Gasteiger partial charge in [0.05, 0.1) is 6.54 Å². The van der Waals surface area contributed by atoms with Gasteiger partial charge in [-0.3, -0.25) is 14.6 Å². The Kier molecular flexibility index (Phi) is 45.8. The van der Waals surface area contributed by atoms with E-state index in [4.69, 9.17) is 0 Å². The zero-order chi connectivity index (χ0) is 45.5. The lowest BCUT2D eigenvalue weighted by Crippen LogP contribution is -2.52. The zero-order valence-electron chi connectivity index (χ0n) is 44.2. The van der Waals surface area contributed by atoms with Crippen LogP contribution in [0.5, 0.6) is 0 Å². The number of piperazine rings is 1. The van der Waals surface area contributed by atoms with E-state index in [0.717, 1.165) is 52.4 Å². The van der Waals surface area contributed by atoms with Crippen molar-refractivity contribution in [2.75, 3.05) is 91.6 Å². The molecule has 6 nitrogen and oxygen atoms in total. The van der Waals surface area contributed by atoms with Crippen molar-refractivity contribution in [1.82, 2.24) is 24.5 Å². The van der Waals surface area contributed by atoms with Gasteiger partial charge in [-0.25, -0.2) is 0 Å². The van der Waals surface area contributed by atoms with Crippen molar-refractivity contribution in [2.45, 2.75) is 272 Å². The van der Waals surface area contributed by atoms with Gasteiger partial charge >= 0.3 is 0 Å². The number of carbonyl (C=O) groups is 1. The molecular weight excluding hydrogens is 771 g/mol. The number of unbranched alkanes of at least 4 members (excludes halogenated alkanes) is 32. The first-order chi connectivity index (χ1) is 31.1. The standard InChI is InChI=1S/C57H117N5O/c1-6-11-16-21-26-27-32-36-41-44-58(43-38-33-28-22-17-12-7-2)48-49-60-52-54-62(55-53-60)57(63)56-61(47-42-37-31-25-20-15-10-5)51-50-59(45-39-34-29-23-18-13-8-3)46-40-35-30-24-19-14-9-4/h6-56H2,1-5H3. The average molecular weight is 889 g/mol. The fourth-order valence-electron chi connectivity index (χ4n) is 9.83. The van der Waals surface area contributed by atoms with Crippen LogP contribution in [-0.4, -0.2) is 122 Å². The van der Waals surface area contributed by atoms with Crippen LogP contribution in [0.3, 0.4) is 0 Å². The summed E-state index contributed by atoms with van der Waals surface area (Å²) in [6, 6.07) is 0. The molecule has 1 aliphatic heterocycles. The molecule has 1 saturated heterocycles. The van der Waals surface area contributed by atoms with Gasteiger partial charge in [0.1, 0.15) is 0 Å². The first-order valence-electron chi connectivity index (χ1n) is 29.2. The minimum atomic E-state index is 0.384. The molecule has 0 saturated carbocycles. The summed E-state index contributed by atoms with van der Waals surface area (Å²) < 4.78 is 0. The van der Waals surface area contributed by atoms with E-state index in [0.29, 0.717) is 12.5 Å². The molecular formula is C57H117N5O. The van der Waals surface area contributed by atoms with Gasteiger partial charge in [-0.1, -0.05) is 240 Å². The maximum absolute atomic E-state index is 14.0. The largest absolute Gasteiger partial charge is 0.339 e. The second kappa shape index (κ2) is 47.8. The average Bonchev–Trinajstić information content (AvgIpc) is 3.30. The van der Waals surface area contributed by atoms with Crippen LogP contribution in [0.1, 0.15) is 272 Å². The Bertz CT molecular complexity index is 891. The van der Waals surface area contributed by atoms with Crippen LogP contribution >= 0.6 is 0 Å². The van der Waals surface area contributed by atoms with Crippen molar-refractivity contribution in [3.63, 3.8) is 0 Å². The summed E-state index contributed by atoms with van der Waals surface area (Å²) in [6.07, 6.45) is 51.0. The van der Waals surface area contributed by atoms with E-state index in [2.05, 4.69) is 59.1 Å². The molecule has 0 aromatic rings. The van der Waals surface area contributed by atoms with Crippen LogP contribution in [0.2, 0.25) is 0 Å². The summed E-state index contributed by atoms with van der Waals surface area (Å²) in [5.74, 6) is 0.384. The van der Waals surface area contributed by atoms with Gasteiger partial charge in [0.2, 0.25) is 5.91 Å². The van der Waals surface area contributed by atoms with Gasteiger partial charge in [-0.15, -0.1) is 0 Å². The van der Waals surface area contributed by atoms with E-state index in [1.54, 1.807) is 0 Å². The summed E-state index contributed by atoms with van der Waals surface area (Å²) in [4.78, 5) is 27.0. The predicted octanol–water partition coefficient (Wildman–Crippen LogP) is 15.6. The highest BCUT2D eigenvalue weighted by molar-refractivity contribution is 5.78. The fraction of sp³-hybridized carbons (Fsp3) is 0.982. The van der Waals surface area contributed by atoms with Crippen LogP contribution in [0.25, 0.3) is 0 Å². The van der Waals surface area contributed by atoms with Crippen molar-refractivity contribution in [3.8, 4) is 0 Å². The molecule has 0 atom stereocenters. The highest BCUT2D eigenvalue weighted by Gasteiger charge is 2.23. The molecule has 0 radical (unpaired) electrons. The summed E-state index contributed by atoms with van der Waals surface area (Å²) >= 11 is 0. The number of hydrogen-bond acceptors (Lipinski definition) is 5. The lowest BCUT2D eigenvalue weighted by molar-refractivity contribution is -0.134.